The molecule has 1 aromatic heterocycles. The van der Waals surface area contributed by atoms with E-state index in [1.165, 1.54) is 0 Å². The van der Waals surface area contributed by atoms with Gasteiger partial charge in [0, 0.05) is 36.4 Å². The molecule has 26 heavy (non-hydrogen) atoms. The van der Waals surface area contributed by atoms with E-state index < -0.39 is 0 Å². The van der Waals surface area contributed by atoms with E-state index in [-0.39, 0.29) is 5.91 Å². The molecule has 6 nitrogen and oxygen atoms in total. The lowest BCUT2D eigenvalue weighted by molar-refractivity contribution is 0.102. The van der Waals surface area contributed by atoms with Crippen LogP contribution in [0.5, 0.6) is 0 Å². The molecule has 1 fully saturated rings. The Morgan fingerprint density at radius 1 is 1.27 bits per heavy atom. The van der Waals surface area contributed by atoms with E-state index in [4.69, 9.17) is 10.00 Å². The Morgan fingerprint density at radius 3 is 2.81 bits per heavy atom. The summed E-state index contributed by atoms with van der Waals surface area (Å²) in [6.45, 7) is 3.02. The Labute approximate surface area is 157 Å². The fourth-order valence-electron chi connectivity index (χ4n) is 2.60. The van der Waals surface area contributed by atoms with Crippen LogP contribution in [0.3, 0.4) is 0 Å². The summed E-state index contributed by atoms with van der Waals surface area (Å²) in [5, 5.41) is 11.6. The number of nitrogens with zero attached hydrogens (tertiary/aromatic N) is 3. The van der Waals surface area contributed by atoms with E-state index in [1.807, 2.05) is 30.3 Å². The fraction of sp³-hybridized carbons (Fsp3) is 0.316. The molecule has 1 saturated heterocycles. The number of carbonyl (C=O) groups excluding carboxylic acids is 1. The van der Waals surface area contributed by atoms with Gasteiger partial charge in [0.05, 0.1) is 30.5 Å². The highest BCUT2D eigenvalue weighted by Gasteiger charge is 2.14. The smallest absolute Gasteiger partial charge is 0.257 e. The topological polar surface area (TPSA) is 78.2 Å². The second-order valence-corrected chi connectivity index (χ2v) is 6.85. The van der Waals surface area contributed by atoms with Crippen LogP contribution < -0.4 is 10.2 Å². The molecule has 1 amide bonds. The van der Waals surface area contributed by atoms with Gasteiger partial charge in [0.15, 0.2) is 0 Å². The monoisotopic (exact) mass is 368 g/mol. The number of thioether (sulfide) groups is 1. The van der Waals surface area contributed by atoms with Crippen molar-refractivity contribution in [3.8, 4) is 6.07 Å². The molecule has 0 spiro atoms. The molecule has 7 heteroatoms. The zero-order valence-electron chi connectivity index (χ0n) is 14.4. The van der Waals surface area contributed by atoms with Crippen molar-refractivity contribution in [1.82, 2.24) is 4.98 Å². The van der Waals surface area contributed by atoms with E-state index >= 15 is 0 Å². The van der Waals surface area contributed by atoms with Crippen LogP contribution in [0, 0.1) is 11.3 Å². The van der Waals surface area contributed by atoms with Gasteiger partial charge in [-0.2, -0.15) is 5.26 Å². The van der Waals surface area contributed by atoms with Crippen molar-refractivity contribution in [3.63, 3.8) is 0 Å². The lowest BCUT2D eigenvalue weighted by Crippen LogP contribution is -2.36. The van der Waals surface area contributed by atoms with Gasteiger partial charge in [0.1, 0.15) is 5.82 Å². The maximum atomic E-state index is 12.5. The lowest BCUT2D eigenvalue weighted by atomic mass is 10.2. The van der Waals surface area contributed by atoms with Gasteiger partial charge < -0.3 is 15.0 Å². The van der Waals surface area contributed by atoms with E-state index in [2.05, 4.69) is 21.3 Å². The minimum atomic E-state index is -0.195. The lowest BCUT2D eigenvalue weighted by Gasteiger charge is -2.27. The van der Waals surface area contributed by atoms with Crippen molar-refractivity contribution < 1.29 is 9.53 Å². The third kappa shape index (κ3) is 4.75. The van der Waals surface area contributed by atoms with Crippen LogP contribution in [0.4, 0.5) is 11.5 Å². The molecule has 0 saturated carbocycles. The highest BCUT2D eigenvalue weighted by Crippen LogP contribution is 2.27. The molecular formula is C19H20N4O2S. The van der Waals surface area contributed by atoms with Gasteiger partial charge in [0.2, 0.25) is 0 Å². The first-order valence-corrected chi connectivity index (χ1v) is 9.45. The second kappa shape index (κ2) is 9.22. The summed E-state index contributed by atoms with van der Waals surface area (Å²) in [5.74, 6) is 1.36. The maximum Gasteiger partial charge on any atom is 0.257 e. The predicted molar refractivity (Wildman–Crippen MR) is 103 cm³/mol. The number of para-hydroxylation sites is 1. The van der Waals surface area contributed by atoms with Crippen LogP contribution in [0.1, 0.15) is 16.8 Å². The highest BCUT2D eigenvalue weighted by molar-refractivity contribution is 7.99. The quantitative estimate of drug-likeness (QED) is 0.623. The Morgan fingerprint density at radius 2 is 2.08 bits per heavy atom. The number of carbonyl (C=O) groups is 1. The van der Waals surface area contributed by atoms with Gasteiger partial charge >= 0.3 is 0 Å². The molecule has 1 aromatic carbocycles. The SMILES string of the molecule is N#CCCSc1ccccc1NC(=O)c1ccc(N2CCOCC2)nc1. The molecule has 1 aliphatic rings. The molecule has 2 aromatic rings. The first kappa shape index (κ1) is 18.2. The van der Waals surface area contributed by atoms with Crippen LogP contribution in [0.2, 0.25) is 0 Å². The third-order valence-corrected chi connectivity index (χ3v) is 5.03. The molecule has 0 radical (unpaired) electrons. The Bertz CT molecular complexity index is 783. The first-order valence-electron chi connectivity index (χ1n) is 8.47. The Balaban J connectivity index is 1.65. The number of nitriles is 1. The molecule has 2 heterocycles. The normalized spacial score (nSPS) is 13.9. The van der Waals surface area contributed by atoms with Crippen LogP contribution in [0.25, 0.3) is 0 Å². The van der Waals surface area contributed by atoms with Gasteiger partial charge in [-0.05, 0) is 24.3 Å². The largest absolute Gasteiger partial charge is 0.378 e. The molecule has 0 aliphatic carbocycles. The minimum Gasteiger partial charge on any atom is -0.378 e. The number of aromatic nitrogens is 1. The number of pyridine rings is 1. The van der Waals surface area contributed by atoms with Crippen LogP contribution in [0.15, 0.2) is 47.5 Å². The van der Waals surface area contributed by atoms with Crippen LogP contribution in [-0.2, 0) is 4.74 Å². The fourth-order valence-corrected chi connectivity index (χ4v) is 3.46. The average molecular weight is 368 g/mol. The number of benzene rings is 1. The number of hydrogen-bond donors (Lipinski definition) is 1. The van der Waals surface area contributed by atoms with Crippen molar-refractivity contribution >= 4 is 29.2 Å². The van der Waals surface area contributed by atoms with Gasteiger partial charge in [-0.1, -0.05) is 12.1 Å². The van der Waals surface area contributed by atoms with Crippen molar-refractivity contribution in [2.75, 3.05) is 42.3 Å². The summed E-state index contributed by atoms with van der Waals surface area (Å²) >= 11 is 1.56. The molecule has 1 aliphatic heterocycles. The van der Waals surface area contributed by atoms with E-state index in [1.54, 1.807) is 24.0 Å². The Kier molecular flexibility index (Phi) is 6.47. The minimum absolute atomic E-state index is 0.195. The van der Waals surface area contributed by atoms with Crippen molar-refractivity contribution in [3.05, 3.63) is 48.2 Å². The number of nitrogens with one attached hydrogen (secondary N) is 1. The number of morpholine rings is 1. The summed E-state index contributed by atoms with van der Waals surface area (Å²) in [6.07, 6.45) is 2.07. The molecule has 0 unspecified atom stereocenters. The number of hydrogen-bond acceptors (Lipinski definition) is 6. The average Bonchev–Trinajstić information content (AvgIpc) is 2.70. The molecule has 3 rings (SSSR count). The number of amides is 1. The zero-order chi connectivity index (χ0) is 18.2. The van der Waals surface area contributed by atoms with Crippen molar-refractivity contribution in [2.24, 2.45) is 0 Å². The molecule has 0 atom stereocenters. The highest BCUT2D eigenvalue weighted by atomic mass is 32.2. The van der Waals surface area contributed by atoms with Gasteiger partial charge in [0.25, 0.3) is 5.91 Å². The summed E-state index contributed by atoms with van der Waals surface area (Å²) < 4.78 is 5.34. The maximum absolute atomic E-state index is 12.5. The van der Waals surface area contributed by atoms with Gasteiger partial charge in [-0.25, -0.2) is 4.98 Å². The summed E-state index contributed by atoms with van der Waals surface area (Å²) in [5.41, 5.74) is 1.26. The summed E-state index contributed by atoms with van der Waals surface area (Å²) in [6, 6.07) is 13.4. The predicted octanol–water partition coefficient (Wildman–Crippen LogP) is 3.18. The van der Waals surface area contributed by atoms with Crippen molar-refractivity contribution in [1.29, 1.82) is 5.26 Å². The summed E-state index contributed by atoms with van der Waals surface area (Å²) in [4.78, 5) is 20.1. The molecular weight excluding hydrogens is 348 g/mol. The number of anilines is 2. The zero-order valence-corrected chi connectivity index (χ0v) is 15.2. The van der Waals surface area contributed by atoms with Gasteiger partial charge in [-0.3, -0.25) is 4.79 Å². The van der Waals surface area contributed by atoms with Crippen LogP contribution >= 0.6 is 11.8 Å². The van der Waals surface area contributed by atoms with E-state index in [0.29, 0.717) is 31.0 Å². The number of rotatable bonds is 6. The van der Waals surface area contributed by atoms with Crippen LogP contribution in [-0.4, -0.2) is 42.9 Å². The van der Waals surface area contributed by atoms with E-state index in [9.17, 15) is 4.79 Å². The third-order valence-electron chi connectivity index (χ3n) is 3.95. The second-order valence-electron chi connectivity index (χ2n) is 5.71. The van der Waals surface area contributed by atoms with E-state index in [0.717, 1.165) is 29.5 Å². The molecule has 1 N–H and O–H groups in total. The number of ether oxygens (including phenoxy) is 1. The summed E-state index contributed by atoms with van der Waals surface area (Å²) in [7, 11) is 0. The van der Waals surface area contributed by atoms with Crippen molar-refractivity contribution in [2.45, 2.75) is 11.3 Å². The molecule has 134 valence electrons. The first-order chi connectivity index (χ1) is 12.8. The Hall–Kier alpha value is -2.56. The van der Waals surface area contributed by atoms with Gasteiger partial charge in [-0.15, -0.1) is 11.8 Å². The molecule has 0 bridgehead atoms. The standard InChI is InChI=1S/C19H20N4O2S/c20-8-3-13-26-17-5-2-1-4-16(17)22-19(24)15-6-7-18(21-14-15)23-9-11-25-12-10-23/h1-2,4-7,14H,3,9-13H2,(H,22,24).